The van der Waals surface area contributed by atoms with Crippen LogP contribution in [0.25, 0.3) is 0 Å². The molecule has 0 amide bonds. The lowest BCUT2D eigenvalue weighted by Crippen LogP contribution is -2.62. The van der Waals surface area contributed by atoms with E-state index in [-0.39, 0.29) is 61.6 Å². The number of hydrogen-bond acceptors (Lipinski definition) is 8. The zero-order chi connectivity index (χ0) is 31.0. The van der Waals surface area contributed by atoms with Crippen LogP contribution in [0.15, 0.2) is 28.4 Å². The molecule has 2 bridgehead atoms. The Morgan fingerprint density at radius 3 is 2.70 bits per heavy atom. The Balaban J connectivity index is 1.49. The smallest absolute Gasteiger partial charge is 0.334 e. The van der Waals surface area contributed by atoms with Gasteiger partial charge in [-0.1, -0.05) is 13.0 Å². The highest BCUT2D eigenvalue weighted by Crippen LogP contribution is 2.77. The van der Waals surface area contributed by atoms with Crippen molar-refractivity contribution in [3.05, 3.63) is 23.4 Å². The van der Waals surface area contributed by atoms with Crippen molar-refractivity contribution in [1.82, 2.24) is 10.2 Å². The molecule has 11 heteroatoms. The van der Waals surface area contributed by atoms with Crippen LogP contribution in [0.1, 0.15) is 64.7 Å². The molecule has 5 rings (SSSR count). The van der Waals surface area contributed by atoms with E-state index in [9.17, 15) is 30.3 Å². The second kappa shape index (κ2) is 12.8. The number of carbonyl (C=O) groups is 1. The first-order chi connectivity index (χ1) is 20.6. The number of carboxylic acids is 1. The highest BCUT2D eigenvalue weighted by molar-refractivity contribution is 5.92. The molecule has 0 saturated heterocycles. The summed E-state index contributed by atoms with van der Waals surface area (Å²) < 4.78 is 6.31. The molecule has 0 aromatic carbocycles. The molecule has 0 unspecified atom stereocenters. The number of rotatable bonds is 11. The molecule has 0 radical (unpaired) electrons. The predicted molar refractivity (Wildman–Crippen MR) is 162 cm³/mol. The lowest BCUT2D eigenvalue weighted by molar-refractivity contribution is -0.145. The number of nitrogens with one attached hydrogen (secondary N) is 1. The van der Waals surface area contributed by atoms with Crippen LogP contribution >= 0.6 is 0 Å². The first-order valence-corrected chi connectivity index (χ1v) is 16.2. The van der Waals surface area contributed by atoms with Crippen molar-refractivity contribution < 1.29 is 35.1 Å². The molecule has 1 heterocycles. The van der Waals surface area contributed by atoms with Crippen molar-refractivity contribution >= 4 is 11.9 Å². The maximum absolute atomic E-state index is 13.0. The van der Waals surface area contributed by atoms with E-state index in [1.165, 1.54) is 0 Å². The summed E-state index contributed by atoms with van der Waals surface area (Å²) in [6.45, 7) is 3.88. The van der Waals surface area contributed by atoms with Crippen molar-refractivity contribution in [2.75, 3.05) is 46.5 Å². The second-order valence-corrected chi connectivity index (χ2v) is 13.8. The van der Waals surface area contributed by atoms with Gasteiger partial charge in [0.05, 0.1) is 31.0 Å². The fourth-order valence-corrected chi connectivity index (χ4v) is 10.00. The molecule has 242 valence electrons. The van der Waals surface area contributed by atoms with Gasteiger partial charge in [0.2, 0.25) is 0 Å². The molecule has 4 aliphatic carbocycles. The van der Waals surface area contributed by atoms with Crippen LogP contribution in [0.3, 0.4) is 0 Å². The number of nitrogens with zero attached hydrogens (tertiary/aromatic N) is 2. The van der Waals surface area contributed by atoms with Crippen LogP contribution in [0, 0.1) is 34.5 Å². The summed E-state index contributed by atoms with van der Waals surface area (Å²) in [5.74, 6) is -0.196. The third-order valence-corrected chi connectivity index (χ3v) is 11.9. The number of allylic oxidation sites excluding steroid dienone is 1. The molecule has 3 saturated carbocycles. The van der Waals surface area contributed by atoms with E-state index in [0.29, 0.717) is 44.9 Å². The summed E-state index contributed by atoms with van der Waals surface area (Å²) in [6, 6.07) is 0. The number of hydrogen-bond donors (Lipinski definition) is 7. The zero-order valence-electron chi connectivity index (χ0n) is 25.7. The van der Waals surface area contributed by atoms with E-state index in [2.05, 4.69) is 23.3 Å². The van der Waals surface area contributed by atoms with Gasteiger partial charge in [-0.15, -0.1) is 0 Å². The van der Waals surface area contributed by atoms with Crippen LogP contribution in [-0.4, -0.2) is 107 Å². The van der Waals surface area contributed by atoms with Crippen LogP contribution < -0.4 is 11.1 Å². The third kappa shape index (κ3) is 5.33. The second-order valence-electron chi connectivity index (χ2n) is 13.8. The van der Waals surface area contributed by atoms with E-state index >= 15 is 0 Å². The number of aliphatic hydroxyl groups is 4. The first-order valence-electron chi connectivity index (χ1n) is 16.2. The van der Waals surface area contributed by atoms with E-state index in [1.54, 1.807) is 7.05 Å². The summed E-state index contributed by atoms with van der Waals surface area (Å²) in [4.78, 5) is 19.3. The van der Waals surface area contributed by atoms with Crippen molar-refractivity contribution in [3.63, 3.8) is 0 Å². The molecule has 8 N–H and O–H groups in total. The lowest BCUT2D eigenvalue weighted by atomic mass is 9.46. The predicted octanol–water partition coefficient (Wildman–Crippen LogP) is 1.22. The minimum absolute atomic E-state index is 0.0272. The largest absolute Gasteiger partial charge is 0.478 e. The monoisotopic (exact) mass is 604 g/mol. The van der Waals surface area contributed by atoms with Gasteiger partial charge in [0.1, 0.15) is 5.60 Å². The molecule has 9 atom stereocenters. The Labute approximate surface area is 254 Å². The first kappa shape index (κ1) is 32.4. The SMILES string of the molecule is CN=C(N)N1C=C[C@H](CNCCO)[C@@]2(C1)[C@@H]1CC[C@@H](C)[C@]23C[C@](O)(CO[C@@H]2CC[C@@H](CCCO)[C@H](O)C2)C(C(=O)O)=C3C1. The Hall–Kier alpha value is -2.02. The Morgan fingerprint density at radius 1 is 1.23 bits per heavy atom. The molecule has 0 aromatic rings. The Bertz CT molecular complexity index is 1130. The van der Waals surface area contributed by atoms with E-state index in [4.69, 9.17) is 10.5 Å². The molecule has 1 aliphatic heterocycles. The number of aliphatic carboxylic acids is 1. The highest BCUT2D eigenvalue weighted by atomic mass is 16.5. The van der Waals surface area contributed by atoms with Gasteiger partial charge in [-0.25, -0.2) is 4.79 Å². The Morgan fingerprint density at radius 2 is 2.02 bits per heavy atom. The average Bonchev–Trinajstić information content (AvgIpc) is 3.33. The molecule has 3 fully saturated rings. The number of aliphatic hydroxyl groups excluding tert-OH is 3. The maximum atomic E-state index is 13.0. The molecular weight excluding hydrogens is 552 g/mol. The van der Waals surface area contributed by atoms with Gasteiger partial charge < -0.3 is 46.2 Å². The minimum atomic E-state index is -1.66. The van der Waals surface area contributed by atoms with Gasteiger partial charge in [-0.05, 0) is 87.0 Å². The van der Waals surface area contributed by atoms with Crippen molar-refractivity contribution in [2.45, 2.75) is 82.5 Å². The van der Waals surface area contributed by atoms with Crippen LogP contribution in [-0.2, 0) is 9.53 Å². The van der Waals surface area contributed by atoms with Crippen molar-refractivity contribution in [3.8, 4) is 0 Å². The van der Waals surface area contributed by atoms with Gasteiger partial charge in [0.25, 0.3) is 0 Å². The van der Waals surface area contributed by atoms with Gasteiger partial charge >= 0.3 is 5.97 Å². The molecule has 11 nitrogen and oxygen atoms in total. The summed E-state index contributed by atoms with van der Waals surface area (Å²) in [7, 11) is 1.66. The highest BCUT2D eigenvalue weighted by Gasteiger charge is 2.75. The quantitative estimate of drug-likeness (QED) is 0.103. The molecular formula is C32H52N4O7. The third-order valence-electron chi connectivity index (χ3n) is 11.9. The van der Waals surface area contributed by atoms with E-state index in [0.717, 1.165) is 37.7 Å². The van der Waals surface area contributed by atoms with Gasteiger partial charge in [0, 0.05) is 50.3 Å². The van der Waals surface area contributed by atoms with Gasteiger partial charge in [-0.2, -0.15) is 0 Å². The fraction of sp³-hybridized carbons (Fsp3) is 0.812. The summed E-state index contributed by atoms with van der Waals surface area (Å²) in [6.07, 6.45) is 9.48. The topological polar surface area (TPSA) is 181 Å². The lowest BCUT2D eigenvalue weighted by Gasteiger charge is -2.61. The molecule has 0 aromatic heterocycles. The van der Waals surface area contributed by atoms with Gasteiger partial charge in [-0.3, -0.25) is 4.99 Å². The van der Waals surface area contributed by atoms with Crippen molar-refractivity contribution in [1.29, 1.82) is 0 Å². The number of guanidine groups is 1. The standard InChI is InChI=1S/C32H52N4O7/c1-20-5-7-22-14-25-27(28(40)41)30(42,19-43-24-8-6-21(4-3-12-37)26(39)15-24)17-31(20,25)32(22)18-36(29(33)34-2)11-9-23(32)16-35-10-13-38/h9,11,20-24,26,35,37-39,42H,3-8,10,12-19H2,1-2H3,(H2,33,34)(H,40,41)/t20-,21-,22-,23-,24-,26-,30+,31+,32-/m1/s1. The Kier molecular flexibility index (Phi) is 9.61. The number of carboxylic acid groups (broad SMARTS) is 1. The van der Waals surface area contributed by atoms with Crippen LogP contribution in [0.4, 0.5) is 0 Å². The number of aliphatic imine (C=N–C) groups is 1. The fourth-order valence-electron chi connectivity index (χ4n) is 10.00. The van der Waals surface area contributed by atoms with Crippen molar-refractivity contribution in [2.24, 2.45) is 45.2 Å². The zero-order valence-corrected chi connectivity index (χ0v) is 25.7. The molecule has 5 aliphatic rings. The number of ether oxygens (including phenoxy) is 1. The molecule has 43 heavy (non-hydrogen) atoms. The summed E-state index contributed by atoms with van der Waals surface area (Å²) >= 11 is 0. The molecule has 2 spiro atoms. The van der Waals surface area contributed by atoms with Crippen LogP contribution in [0.2, 0.25) is 0 Å². The summed E-state index contributed by atoms with van der Waals surface area (Å²) in [5.41, 5.74) is 4.68. The average molecular weight is 605 g/mol. The minimum Gasteiger partial charge on any atom is -0.478 e. The van der Waals surface area contributed by atoms with E-state index in [1.807, 2.05) is 11.1 Å². The normalized spacial score (nSPS) is 40.9. The maximum Gasteiger partial charge on any atom is 0.334 e. The van der Waals surface area contributed by atoms with Gasteiger partial charge in [0.15, 0.2) is 5.96 Å². The van der Waals surface area contributed by atoms with Crippen LogP contribution in [0.5, 0.6) is 0 Å². The number of nitrogens with two attached hydrogens (primary N) is 1. The summed E-state index contributed by atoms with van der Waals surface area (Å²) in [5, 5.41) is 55.8. The van der Waals surface area contributed by atoms with E-state index < -0.39 is 28.5 Å².